The highest BCUT2D eigenvalue weighted by molar-refractivity contribution is 5.70. The Labute approximate surface area is 128 Å². The maximum atomic E-state index is 11.5. The number of carboxylic acids is 1. The van der Waals surface area contributed by atoms with Crippen LogP contribution in [0.3, 0.4) is 0 Å². The van der Waals surface area contributed by atoms with Gasteiger partial charge in [-0.05, 0) is 44.4 Å². The number of aliphatic carboxylic acids is 1. The van der Waals surface area contributed by atoms with Crippen molar-refractivity contribution < 1.29 is 9.90 Å². The average molecular weight is 294 g/mol. The number of nitrogens with zero attached hydrogens (tertiary/aromatic N) is 1. The van der Waals surface area contributed by atoms with Crippen molar-refractivity contribution in [3.8, 4) is 0 Å². The average Bonchev–Trinajstić information content (AvgIpc) is 3.16. The van der Waals surface area contributed by atoms with E-state index >= 15 is 0 Å². The molecule has 1 saturated heterocycles. The first-order valence-electron chi connectivity index (χ1n) is 8.90. The molecule has 2 N–H and O–H groups in total. The maximum Gasteiger partial charge on any atom is 0.307 e. The Bertz CT molecular complexity index is 364. The molecule has 4 heteroatoms. The fraction of sp³-hybridized carbons (Fsp3) is 0.941. The molecule has 120 valence electrons. The van der Waals surface area contributed by atoms with Crippen molar-refractivity contribution in [1.29, 1.82) is 0 Å². The number of likely N-dealkylation sites (tertiary alicyclic amines) is 1. The Balaban J connectivity index is 1.63. The number of hydrogen-bond acceptors (Lipinski definition) is 3. The third kappa shape index (κ3) is 3.78. The van der Waals surface area contributed by atoms with Crippen molar-refractivity contribution in [2.24, 2.45) is 11.8 Å². The van der Waals surface area contributed by atoms with Crippen LogP contribution < -0.4 is 5.32 Å². The highest BCUT2D eigenvalue weighted by atomic mass is 16.4. The van der Waals surface area contributed by atoms with Gasteiger partial charge in [0.1, 0.15) is 0 Å². The number of carbonyl (C=O) groups is 1. The Morgan fingerprint density at radius 3 is 2.48 bits per heavy atom. The lowest BCUT2D eigenvalue weighted by molar-refractivity contribution is -0.144. The van der Waals surface area contributed by atoms with Gasteiger partial charge < -0.3 is 10.4 Å². The molecule has 0 spiro atoms. The summed E-state index contributed by atoms with van der Waals surface area (Å²) in [5.74, 6) is 0.0312. The predicted octanol–water partition coefficient (Wildman–Crippen LogP) is 2.48. The molecule has 3 fully saturated rings. The Morgan fingerprint density at radius 2 is 1.90 bits per heavy atom. The molecule has 0 radical (unpaired) electrons. The van der Waals surface area contributed by atoms with Crippen LogP contribution in [-0.4, -0.2) is 47.2 Å². The summed E-state index contributed by atoms with van der Waals surface area (Å²) in [6.45, 7) is 4.06. The number of piperidine rings is 1. The first kappa shape index (κ1) is 15.3. The number of rotatable bonds is 6. The van der Waals surface area contributed by atoms with E-state index in [9.17, 15) is 9.90 Å². The summed E-state index contributed by atoms with van der Waals surface area (Å²) in [7, 11) is 0. The lowest BCUT2D eigenvalue weighted by atomic mass is 9.91. The molecule has 0 aromatic heterocycles. The second-order valence-corrected chi connectivity index (χ2v) is 7.38. The molecule has 3 atom stereocenters. The van der Waals surface area contributed by atoms with E-state index < -0.39 is 5.97 Å². The predicted molar refractivity (Wildman–Crippen MR) is 83.3 cm³/mol. The van der Waals surface area contributed by atoms with E-state index in [0.29, 0.717) is 18.1 Å². The van der Waals surface area contributed by atoms with Gasteiger partial charge in [-0.1, -0.05) is 19.8 Å². The van der Waals surface area contributed by atoms with Gasteiger partial charge in [0.05, 0.1) is 5.92 Å². The van der Waals surface area contributed by atoms with E-state index in [1.807, 2.05) is 0 Å². The van der Waals surface area contributed by atoms with Crippen molar-refractivity contribution in [3.05, 3.63) is 0 Å². The first-order valence-corrected chi connectivity index (χ1v) is 8.90. The molecule has 21 heavy (non-hydrogen) atoms. The Hall–Kier alpha value is -0.610. The number of hydrogen-bond donors (Lipinski definition) is 2. The maximum absolute atomic E-state index is 11.5. The van der Waals surface area contributed by atoms with Crippen molar-refractivity contribution in [1.82, 2.24) is 10.2 Å². The van der Waals surface area contributed by atoms with E-state index in [-0.39, 0.29) is 5.92 Å². The molecule has 2 aliphatic carbocycles. The zero-order chi connectivity index (χ0) is 14.8. The third-order valence-corrected chi connectivity index (χ3v) is 5.71. The normalized spacial score (nSPS) is 33.2. The SMILES string of the molecule is CCC(C1CC1)N1CC(NC2CCCC2)CC(C(=O)O)C1. The smallest absolute Gasteiger partial charge is 0.307 e. The number of carboxylic acid groups (broad SMARTS) is 1. The second kappa shape index (κ2) is 6.66. The minimum Gasteiger partial charge on any atom is -0.481 e. The quantitative estimate of drug-likeness (QED) is 0.790. The summed E-state index contributed by atoms with van der Waals surface area (Å²) in [6.07, 6.45) is 9.85. The van der Waals surface area contributed by atoms with Gasteiger partial charge in [0.15, 0.2) is 0 Å². The van der Waals surface area contributed by atoms with Gasteiger partial charge in [-0.15, -0.1) is 0 Å². The molecule has 2 saturated carbocycles. The summed E-state index contributed by atoms with van der Waals surface area (Å²) >= 11 is 0. The van der Waals surface area contributed by atoms with Gasteiger partial charge in [-0.3, -0.25) is 9.69 Å². The van der Waals surface area contributed by atoms with Gasteiger partial charge in [-0.2, -0.15) is 0 Å². The van der Waals surface area contributed by atoms with Crippen LogP contribution in [0, 0.1) is 11.8 Å². The van der Waals surface area contributed by atoms with Crippen molar-refractivity contribution >= 4 is 5.97 Å². The summed E-state index contributed by atoms with van der Waals surface area (Å²) in [4.78, 5) is 14.0. The monoisotopic (exact) mass is 294 g/mol. The van der Waals surface area contributed by atoms with E-state index in [1.165, 1.54) is 38.5 Å². The van der Waals surface area contributed by atoms with Gasteiger partial charge >= 0.3 is 5.97 Å². The van der Waals surface area contributed by atoms with Gasteiger partial charge in [0, 0.05) is 31.2 Å². The summed E-state index contributed by atoms with van der Waals surface area (Å²) in [5.41, 5.74) is 0. The zero-order valence-corrected chi connectivity index (χ0v) is 13.3. The summed E-state index contributed by atoms with van der Waals surface area (Å²) in [5, 5.41) is 13.3. The van der Waals surface area contributed by atoms with E-state index in [0.717, 1.165) is 31.8 Å². The fourth-order valence-electron chi connectivity index (χ4n) is 4.50. The highest BCUT2D eigenvalue weighted by Crippen LogP contribution is 2.38. The minimum absolute atomic E-state index is 0.189. The van der Waals surface area contributed by atoms with Crippen LogP contribution >= 0.6 is 0 Å². The van der Waals surface area contributed by atoms with Crippen molar-refractivity contribution in [3.63, 3.8) is 0 Å². The molecule has 3 unspecified atom stereocenters. The highest BCUT2D eigenvalue weighted by Gasteiger charge is 2.40. The molecule has 3 rings (SSSR count). The second-order valence-electron chi connectivity index (χ2n) is 7.38. The largest absolute Gasteiger partial charge is 0.481 e. The van der Waals surface area contributed by atoms with Gasteiger partial charge in [-0.25, -0.2) is 0 Å². The lowest BCUT2D eigenvalue weighted by Crippen LogP contribution is -2.55. The minimum atomic E-state index is -0.608. The van der Waals surface area contributed by atoms with Crippen LogP contribution in [0.15, 0.2) is 0 Å². The Morgan fingerprint density at radius 1 is 1.19 bits per heavy atom. The van der Waals surface area contributed by atoms with Crippen LogP contribution in [0.2, 0.25) is 0 Å². The van der Waals surface area contributed by atoms with Crippen molar-refractivity contribution in [2.75, 3.05) is 13.1 Å². The molecular weight excluding hydrogens is 264 g/mol. The number of nitrogens with one attached hydrogen (secondary N) is 1. The van der Waals surface area contributed by atoms with E-state index in [2.05, 4.69) is 17.1 Å². The third-order valence-electron chi connectivity index (χ3n) is 5.71. The topological polar surface area (TPSA) is 52.6 Å². The molecule has 0 aromatic rings. The van der Waals surface area contributed by atoms with Crippen LogP contribution in [-0.2, 0) is 4.79 Å². The molecule has 4 nitrogen and oxygen atoms in total. The zero-order valence-electron chi connectivity index (χ0n) is 13.3. The van der Waals surface area contributed by atoms with Crippen LogP contribution in [0.4, 0.5) is 0 Å². The van der Waals surface area contributed by atoms with Crippen LogP contribution in [0.5, 0.6) is 0 Å². The lowest BCUT2D eigenvalue weighted by Gasteiger charge is -2.42. The Kier molecular flexibility index (Phi) is 4.85. The molecule has 0 bridgehead atoms. The first-order chi connectivity index (χ1) is 10.2. The van der Waals surface area contributed by atoms with E-state index in [4.69, 9.17) is 0 Å². The standard InChI is InChI=1S/C17H30N2O2/c1-2-16(12-7-8-12)19-10-13(17(20)21)9-15(11-19)18-14-5-3-4-6-14/h12-16,18H,2-11H2,1H3,(H,20,21). The fourth-order valence-corrected chi connectivity index (χ4v) is 4.50. The molecule has 3 aliphatic rings. The van der Waals surface area contributed by atoms with E-state index in [1.54, 1.807) is 0 Å². The summed E-state index contributed by atoms with van der Waals surface area (Å²) in [6, 6.07) is 1.61. The molecule has 0 aromatic carbocycles. The van der Waals surface area contributed by atoms with Crippen molar-refractivity contribution in [2.45, 2.75) is 76.4 Å². The summed E-state index contributed by atoms with van der Waals surface area (Å²) < 4.78 is 0. The van der Waals surface area contributed by atoms with Gasteiger partial charge in [0.25, 0.3) is 0 Å². The molecule has 0 amide bonds. The molecular formula is C17H30N2O2. The van der Waals surface area contributed by atoms with Crippen LogP contribution in [0.25, 0.3) is 0 Å². The molecule has 1 heterocycles. The van der Waals surface area contributed by atoms with Crippen LogP contribution in [0.1, 0.15) is 58.3 Å². The van der Waals surface area contributed by atoms with Gasteiger partial charge in [0.2, 0.25) is 0 Å². The molecule has 1 aliphatic heterocycles.